The summed E-state index contributed by atoms with van der Waals surface area (Å²) < 4.78 is 20.5. The molecule has 6 heteroatoms. The predicted octanol–water partition coefficient (Wildman–Crippen LogP) is 3.45. The number of furan rings is 1. The number of benzene rings is 1. The van der Waals surface area contributed by atoms with Crippen molar-refractivity contribution in [2.45, 2.75) is 24.1 Å². The van der Waals surface area contributed by atoms with Crippen molar-refractivity contribution in [1.29, 1.82) is 0 Å². The molecule has 22 heavy (non-hydrogen) atoms. The molecule has 0 saturated heterocycles. The first-order valence-electron chi connectivity index (χ1n) is 6.81. The Kier molecular flexibility index (Phi) is 4.60. The fourth-order valence-electron chi connectivity index (χ4n) is 2.14. The highest BCUT2D eigenvalue weighted by Gasteiger charge is 2.12. The third kappa shape index (κ3) is 3.40. The van der Waals surface area contributed by atoms with E-state index in [9.17, 15) is 9.50 Å². The largest absolute Gasteiger partial charge is 0.467 e. The minimum atomic E-state index is -0.243. The molecule has 2 aromatic heterocycles. The molecule has 0 spiro atoms. The van der Waals surface area contributed by atoms with E-state index < -0.39 is 0 Å². The third-order valence-corrected chi connectivity index (χ3v) is 4.28. The Hall–Kier alpha value is -2.05. The van der Waals surface area contributed by atoms with Crippen LogP contribution >= 0.6 is 11.8 Å². The molecule has 0 atom stereocenters. The van der Waals surface area contributed by atoms with Crippen molar-refractivity contribution < 1.29 is 13.9 Å². The van der Waals surface area contributed by atoms with Crippen molar-refractivity contribution in [2.75, 3.05) is 0 Å². The molecule has 1 aromatic carbocycles. The maximum atomic E-state index is 13.2. The summed E-state index contributed by atoms with van der Waals surface area (Å²) >= 11 is 1.50. The van der Waals surface area contributed by atoms with Gasteiger partial charge in [0.15, 0.2) is 5.16 Å². The molecule has 0 aliphatic rings. The fourth-order valence-corrected chi connectivity index (χ4v) is 3.08. The zero-order valence-electron chi connectivity index (χ0n) is 11.8. The maximum Gasteiger partial charge on any atom is 0.168 e. The van der Waals surface area contributed by atoms with E-state index in [4.69, 9.17) is 4.42 Å². The first kappa shape index (κ1) is 14.9. The number of rotatable bonds is 6. The average Bonchev–Trinajstić information content (AvgIpc) is 3.16. The molecule has 0 radical (unpaired) electrons. The second kappa shape index (κ2) is 6.81. The number of nitrogens with zero attached hydrogens (tertiary/aromatic N) is 2. The SMILES string of the molecule is OCc1cnc(SCc2cccc(F)c2)n1Cc1ccco1. The first-order valence-corrected chi connectivity index (χ1v) is 7.79. The van der Waals surface area contributed by atoms with Crippen LogP contribution in [0.3, 0.4) is 0 Å². The van der Waals surface area contributed by atoms with Gasteiger partial charge in [0, 0.05) is 5.75 Å². The van der Waals surface area contributed by atoms with Gasteiger partial charge in [0.05, 0.1) is 31.3 Å². The van der Waals surface area contributed by atoms with Gasteiger partial charge in [-0.05, 0) is 29.8 Å². The zero-order valence-corrected chi connectivity index (χ0v) is 12.6. The Bertz CT molecular complexity index is 740. The molecule has 0 saturated carbocycles. The summed E-state index contributed by atoms with van der Waals surface area (Å²) in [5.41, 5.74) is 1.61. The van der Waals surface area contributed by atoms with E-state index in [1.165, 1.54) is 23.9 Å². The van der Waals surface area contributed by atoms with E-state index in [0.29, 0.717) is 12.3 Å². The average molecular weight is 318 g/mol. The van der Waals surface area contributed by atoms with Gasteiger partial charge in [0.1, 0.15) is 11.6 Å². The van der Waals surface area contributed by atoms with Crippen LogP contribution in [0.2, 0.25) is 0 Å². The van der Waals surface area contributed by atoms with Gasteiger partial charge in [-0.1, -0.05) is 23.9 Å². The summed E-state index contributed by atoms with van der Waals surface area (Å²) in [6.07, 6.45) is 3.27. The maximum absolute atomic E-state index is 13.2. The number of aliphatic hydroxyl groups excluding tert-OH is 1. The Labute approximate surface area is 131 Å². The van der Waals surface area contributed by atoms with Crippen molar-refractivity contribution in [1.82, 2.24) is 9.55 Å². The lowest BCUT2D eigenvalue weighted by Crippen LogP contribution is -2.05. The van der Waals surface area contributed by atoms with E-state index >= 15 is 0 Å². The smallest absolute Gasteiger partial charge is 0.168 e. The molecule has 0 aliphatic heterocycles. The van der Waals surface area contributed by atoms with Gasteiger partial charge < -0.3 is 14.1 Å². The second-order valence-electron chi connectivity index (χ2n) is 4.77. The number of aromatic nitrogens is 2. The van der Waals surface area contributed by atoms with E-state index in [0.717, 1.165) is 22.2 Å². The second-order valence-corrected chi connectivity index (χ2v) is 5.72. The first-order chi connectivity index (χ1) is 10.8. The Morgan fingerprint density at radius 1 is 1.27 bits per heavy atom. The normalized spacial score (nSPS) is 11.0. The number of aliphatic hydroxyl groups is 1. The molecule has 3 aromatic rings. The summed E-state index contributed by atoms with van der Waals surface area (Å²) in [6.45, 7) is 0.419. The molecular formula is C16H15FN2O2S. The van der Waals surface area contributed by atoms with Crippen LogP contribution in [0.5, 0.6) is 0 Å². The van der Waals surface area contributed by atoms with Crippen LogP contribution in [0.25, 0.3) is 0 Å². The number of hydrogen-bond acceptors (Lipinski definition) is 4. The molecule has 3 rings (SSSR count). The highest BCUT2D eigenvalue weighted by molar-refractivity contribution is 7.98. The van der Waals surface area contributed by atoms with Gasteiger partial charge in [0.25, 0.3) is 0 Å². The highest BCUT2D eigenvalue weighted by Crippen LogP contribution is 2.24. The van der Waals surface area contributed by atoms with Crippen molar-refractivity contribution >= 4 is 11.8 Å². The van der Waals surface area contributed by atoms with E-state index in [2.05, 4.69) is 4.98 Å². The van der Waals surface area contributed by atoms with Gasteiger partial charge >= 0.3 is 0 Å². The monoisotopic (exact) mass is 318 g/mol. The number of halogens is 1. The topological polar surface area (TPSA) is 51.2 Å². The van der Waals surface area contributed by atoms with E-state index in [1.54, 1.807) is 18.5 Å². The summed E-state index contributed by atoms with van der Waals surface area (Å²) in [7, 11) is 0. The van der Waals surface area contributed by atoms with Crippen molar-refractivity contribution in [3.8, 4) is 0 Å². The quantitative estimate of drug-likeness (QED) is 0.707. The lowest BCUT2D eigenvalue weighted by molar-refractivity contribution is 0.269. The Morgan fingerprint density at radius 2 is 2.18 bits per heavy atom. The van der Waals surface area contributed by atoms with Crippen LogP contribution in [-0.2, 0) is 18.9 Å². The zero-order chi connectivity index (χ0) is 15.4. The third-order valence-electron chi connectivity index (χ3n) is 3.21. The van der Waals surface area contributed by atoms with Gasteiger partial charge in [0.2, 0.25) is 0 Å². The van der Waals surface area contributed by atoms with Crippen LogP contribution < -0.4 is 0 Å². The predicted molar refractivity (Wildman–Crippen MR) is 81.9 cm³/mol. The number of imidazole rings is 1. The Morgan fingerprint density at radius 3 is 2.91 bits per heavy atom. The molecule has 114 valence electrons. The molecule has 0 unspecified atom stereocenters. The van der Waals surface area contributed by atoms with Crippen molar-refractivity contribution in [3.05, 3.63) is 71.7 Å². The molecule has 0 aliphatic carbocycles. The molecule has 0 fully saturated rings. The lowest BCUT2D eigenvalue weighted by atomic mass is 10.2. The van der Waals surface area contributed by atoms with Gasteiger partial charge in [-0.15, -0.1) is 0 Å². The minimum Gasteiger partial charge on any atom is -0.467 e. The molecule has 1 N–H and O–H groups in total. The Balaban J connectivity index is 1.77. The molecule has 0 bridgehead atoms. The van der Waals surface area contributed by atoms with Gasteiger partial charge in [-0.2, -0.15) is 0 Å². The van der Waals surface area contributed by atoms with Crippen LogP contribution in [0, 0.1) is 5.82 Å². The molecule has 4 nitrogen and oxygen atoms in total. The summed E-state index contributed by atoms with van der Waals surface area (Å²) in [6, 6.07) is 10.2. The minimum absolute atomic E-state index is 0.0891. The van der Waals surface area contributed by atoms with E-state index in [1.807, 2.05) is 22.8 Å². The fraction of sp³-hybridized carbons (Fsp3) is 0.188. The van der Waals surface area contributed by atoms with Gasteiger partial charge in [-0.3, -0.25) is 0 Å². The number of thioether (sulfide) groups is 1. The lowest BCUT2D eigenvalue weighted by Gasteiger charge is -2.09. The van der Waals surface area contributed by atoms with Crippen LogP contribution in [0.15, 0.2) is 58.4 Å². The highest BCUT2D eigenvalue weighted by atomic mass is 32.2. The molecular weight excluding hydrogens is 303 g/mol. The summed E-state index contributed by atoms with van der Waals surface area (Å²) in [4.78, 5) is 4.34. The molecule has 2 heterocycles. The summed E-state index contributed by atoms with van der Waals surface area (Å²) in [5, 5.41) is 10.2. The van der Waals surface area contributed by atoms with Gasteiger partial charge in [-0.25, -0.2) is 9.37 Å². The molecule has 0 amide bonds. The number of hydrogen-bond donors (Lipinski definition) is 1. The van der Waals surface area contributed by atoms with Crippen LogP contribution in [-0.4, -0.2) is 14.7 Å². The van der Waals surface area contributed by atoms with Crippen molar-refractivity contribution in [2.24, 2.45) is 0 Å². The van der Waals surface area contributed by atoms with Crippen LogP contribution in [0.4, 0.5) is 4.39 Å². The van der Waals surface area contributed by atoms with Crippen molar-refractivity contribution in [3.63, 3.8) is 0 Å². The standard InChI is InChI=1S/C16H15FN2O2S/c17-13-4-1-3-12(7-13)11-22-16-18-8-14(10-20)19(16)9-15-5-2-6-21-15/h1-8,20H,9-11H2. The van der Waals surface area contributed by atoms with E-state index in [-0.39, 0.29) is 12.4 Å². The summed E-state index contributed by atoms with van der Waals surface area (Å²) in [5.74, 6) is 1.16. The van der Waals surface area contributed by atoms with Crippen LogP contribution in [0.1, 0.15) is 17.0 Å².